The number of aromatic nitrogens is 2. The Morgan fingerprint density at radius 1 is 1.24 bits per heavy atom. The third-order valence-electron chi connectivity index (χ3n) is 5.11. The number of amides is 1. The SMILES string of the molecule is COc1ncccc1C(=O)N1CCCC[C@H]1c1ncc(Cc2ccc(Cl)cc2)o1. The summed E-state index contributed by atoms with van der Waals surface area (Å²) in [5.41, 5.74) is 1.55. The van der Waals surface area contributed by atoms with Crippen molar-refractivity contribution in [3.8, 4) is 5.88 Å². The van der Waals surface area contributed by atoms with Gasteiger partial charge in [-0.2, -0.15) is 0 Å². The van der Waals surface area contributed by atoms with Gasteiger partial charge in [-0.05, 0) is 49.1 Å². The highest BCUT2D eigenvalue weighted by Crippen LogP contribution is 2.33. The van der Waals surface area contributed by atoms with Crippen LogP contribution in [-0.4, -0.2) is 34.4 Å². The van der Waals surface area contributed by atoms with Crippen LogP contribution in [0.4, 0.5) is 0 Å². The Balaban J connectivity index is 1.55. The van der Waals surface area contributed by atoms with E-state index in [0.717, 1.165) is 30.6 Å². The molecule has 3 aromatic rings. The van der Waals surface area contributed by atoms with E-state index in [0.29, 0.717) is 35.3 Å². The zero-order chi connectivity index (χ0) is 20.2. The van der Waals surface area contributed by atoms with Gasteiger partial charge < -0.3 is 14.1 Å². The van der Waals surface area contributed by atoms with E-state index >= 15 is 0 Å². The molecule has 1 saturated heterocycles. The van der Waals surface area contributed by atoms with Gasteiger partial charge >= 0.3 is 0 Å². The molecule has 6 nitrogen and oxygen atoms in total. The number of hydrogen-bond acceptors (Lipinski definition) is 5. The highest BCUT2D eigenvalue weighted by Gasteiger charge is 2.33. The first-order valence-electron chi connectivity index (χ1n) is 9.64. The van der Waals surface area contributed by atoms with Crippen LogP contribution in [0.15, 0.2) is 53.2 Å². The molecule has 0 N–H and O–H groups in total. The number of benzene rings is 1. The summed E-state index contributed by atoms with van der Waals surface area (Å²) < 4.78 is 11.3. The van der Waals surface area contributed by atoms with Crippen LogP contribution in [0, 0.1) is 0 Å². The van der Waals surface area contributed by atoms with Gasteiger partial charge in [-0.25, -0.2) is 9.97 Å². The molecule has 4 rings (SSSR count). The lowest BCUT2D eigenvalue weighted by Crippen LogP contribution is -2.38. The summed E-state index contributed by atoms with van der Waals surface area (Å²) in [6.45, 7) is 0.649. The van der Waals surface area contributed by atoms with Crippen molar-refractivity contribution in [3.63, 3.8) is 0 Å². The maximum absolute atomic E-state index is 13.2. The average molecular weight is 412 g/mol. The molecule has 0 bridgehead atoms. The molecule has 3 heterocycles. The zero-order valence-electron chi connectivity index (χ0n) is 16.2. The number of oxazole rings is 1. The van der Waals surface area contributed by atoms with Crippen molar-refractivity contribution in [2.45, 2.75) is 31.7 Å². The van der Waals surface area contributed by atoms with E-state index in [4.69, 9.17) is 20.8 Å². The summed E-state index contributed by atoms with van der Waals surface area (Å²) in [6.07, 6.45) is 6.76. The largest absolute Gasteiger partial charge is 0.480 e. The van der Waals surface area contributed by atoms with Gasteiger partial charge in [-0.1, -0.05) is 23.7 Å². The second-order valence-corrected chi connectivity index (χ2v) is 7.47. The van der Waals surface area contributed by atoms with Gasteiger partial charge in [-0.15, -0.1) is 0 Å². The summed E-state index contributed by atoms with van der Waals surface area (Å²) >= 11 is 5.95. The normalized spacial score (nSPS) is 16.6. The third kappa shape index (κ3) is 4.27. The van der Waals surface area contributed by atoms with Crippen LogP contribution in [0.5, 0.6) is 5.88 Å². The van der Waals surface area contributed by atoms with E-state index in [1.165, 1.54) is 7.11 Å². The number of hydrogen-bond donors (Lipinski definition) is 0. The lowest BCUT2D eigenvalue weighted by molar-refractivity contribution is 0.0566. The summed E-state index contributed by atoms with van der Waals surface area (Å²) in [5.74, 6) is 1.55. The van der Waals surface area contributed by atoms with E-state index < -0.39 is 0 Å². The Morgan fingerprint density at radius 3 is 2.86 bits per heavy atom. The van der Waals surface area contributed by atoms with Gasteiger partial charge in [0.25, 0.3) is 5.91 Å². The van der Waals surface area contributed by atoms with E-state index in [1.807, 2.05) is 29.2 Å². The Labute approximate surface area is 174 Å². The molecule has 1 aromatic carbocycles. The Hall–Kier alpha value is -2.86. The van der Waals surface area contributed by atoms with Crippen molar-refractivity contribution >= 4 is 17.5 Å². The molecular formula is C22H22ClN3O3. The lowest BCUT2D eigenvalue weighted by atomic mass is 10.0. The van der Waals surface area contributed by atoms with Crippen LogP contribution in [-0.2, 0) is 6.42 Å². The quantitative estimate of drug-likeness (QED) is 0.609. The fraction of sp³-hybridized carbons (Fsp3) is 0.318. The molecular weight excluding hydrogens is 390 g/mol. The van der Waals surface area contributed by atoms with E-state index in [9.17, 15) is 4.79 Å². The van der Waals surface area contributed by atoms with Crippen LogP contribution in [0.2, 0.25) is 5.02 Å². The summed E-state index contributed by atoms with van der Waals surface area (Å²) in [6, 6.07) is 10.9. The molecule has 1 aliphatic heterocycles. The predicted octanol–water partition coefficient (Wildman–Crippen LogP) is 4.69. The van der Waals surface area contributed by atoms with Crippen molar-refractivity contribution in [1.82, 2.24) is 14.9 Å². The van der Waals surface area contributed by atoms with Gasteiger partial charge in [0.1, 0.15) is 17.4 Å². The standard InChI is InChI=1S/C22H22ClN3O3/c1-28-20-18(5-4-11-24-20)22(27)26-12-3-2-6-19(26)21-25-14-17(29-21)13-15-7-9-16(23)10-8-15/h4-5,7-11,14,19H,2-3,6,12-13H2,1H3/t19-/m0/s1. The maximum atomic E-state index is 13.2. The predicted molar refractivity (Wildman–Crippen MR) is 109 cm³/mol. The molecule has 0 aliphatic carbocycles. The monoisotopic (exact) mass is 411 g/mol. The van der Waals surface area contributed by atoms with Crippen LogP contribution in [0.3, 0.4) is 0 Å². The third-order valence-corrected chi connectivity index (χ3v) is 5.36. The number of rotatable bonds is 5. The highest BCUT2D eigenvalue weighted by molar-refractivity contribution is 6.30. The van der Waals surface area contributed by atoms with E-state index in [-0.39, 0.29) is 11.9 Å². The van der Waals surface area contributed by atoms with Crippen LogP contribution in [0.25, 0.3) is 0 Å². The maximum Gasteiger partial charge on any atom is 0.260 e. The average Bonchev–Trinajstić information content (AvgIpc) is 3.23. The molecule has 1 aliphatic rings. The van der Waals surface area contributed by atoms with Crippen LogP contribution in [0.1, 0.15) is 52.9 Å². The minimum atomic E-state index is -0.194. The van der Waals surface area contributed by atoms with E-state index in [2.05, 4.69) is 9.97 Å². The van der Waals surface area contributed by atoms with Gasteiger partial charge in [-0.3, -0.25) is 4.79 Å². The molecule has 0 saturated carbocycles. The number of piperidine rings is 1. The lowest BCUT2D eigenvalue weighted by Gasteiger charge is -2.34. The van der Waals surface area contributed by atoms with Crippen molar-refractivity contribution in [1.29, 1.82) is 0 Å². The summed E-state index contributed by atoms with van der Waals surface area (Å²) in [5, 5.41) is 0.703. The second kappa shape index (κ2) is 8.66. The Morgan fingerprint density at radius 2 is 2.07 bits per heavy atom. The number of carbonyl (C=O) groups is 1. The van der Waals surface area contributed by atoms with Gasteiger partial charge in [0.15, 0.2) is 0 Å². The first-order chi connectivity index (χ1) is 14.2. The number of likely N-dealkylation sites (tertiary alicyclic amines) is 1. The smallest absolute Gasteiger partial charge is 0.260 e. The molecule has 0 radical (unpaired) electrons. The molecule has 29 heavy (non-hydrogen) atoms. The molecule has 0 spiro atoms. The van der Waals surface area contributed by atoms with Gasteiger partial charge in [0, 0.05) is 24.2 Å². The van der Waals surface area contributed by atoms with Gasteiger partial charge in [0.2, 0.25) is 11.8 Å². The number of carbonyl (C=O) groups excluding carboxylic acids is 1. The number of ether oxygens (including phenoxy) is 1. The zero-order valence-corrected chi connectivity index (χ0v) is 16.9. The Bertz CT molecular complexity index is 987. The number of nitrogens with zero attached hydrogens (tertiary/aromatic N) is 3. The minimum absolute atomic E-state index is 0.114. The minimum Gasteiger partial charge on any atom is -0.480 e. The molecule has 2 aromatic heterocycles. The first kappa shape index (κ1) is 19.5. The summed E-state index contributed by atoms with van der Waals surface area (Å²) in [4.78, 5) is 23.7. The molecule has 0 unspecified atom stereocenters. The number of halogens is 1. The van der Waals surface area contributed by atoms with E-state index in [1.54, 1.807) is 24.5 Å². The molecule has 1 fully saturated rings. The van der Waals surface area contributed by atoms with Crippen molar-refractivity contribution < 1.29 is 13.9 Å². The second-order valence-electron chi connectivity index (χ2n) is 7.04. The number of methoxy groups -OCH3 is 1. The van der Waals surface area contributed by atoms with Crippen molar-refractivity contribution in [2.24, 2.45) is 0 Å². The molecule has 1 atom stereocenters. The Kier molecular flexibility index (Phi) is 5.81. The number of pyridine rings is 1. The van der Waals surface area contributed by atoms with Crippen molar-refractivity contribution in [2.75, 3.05) is 13.7 Å². The summed E-state index contributed by atoms with van der Waals surface area (Å²) in [7, 11) is 1.52. The fourth-order valence-electron chi connectivity index (χ4n) is 3.66. The van der Waals surface area contributed by atoms with Crippen LogP contribution < -0.4 is 4.74 Å². The van der Waals surface area contributed by atoms with Crippen LogP contribution >= 0.6 is 11.6 Å². The van der Waals surface area contributed by atoms with Gasteiger partial charge in [0.05, 0.1) is 13.3 Å². The molecule has 1 amide bonds. The first-order valence-corrected chi connectivity index (χ1v) is 10.0. The fourth-order valence-corrected chi connectivity index (χ4v) is 3.79. The topological polar surface area (TPSA) is 68.5 Å². The van der Waals surface area contributed by atoms with Crippen molar-refractivity contribution in [3.05, 3.63) is 76.6 Å². The highest BCUT2D eigenvalue weighted by atomic mass is 35.5. The molecule has 150 valence electrons. The molecule has 7 heteroatoms.